The molecule has 0 unspecified atom stereocenters. The molecule has 2 N–H and O–H groups in total. The molecule has 1 aliphatic carbocycles. The number of hydrogen-bond acceptors (Lipinski definition) is 3. The Morgan fingerprint density at radius 1 is 1.43 bits per heavy atom. The van der Waals surface area contributed by atoms with Crippen molar-refractivity contribution >= 4 is 28.7 Å². The molecule has 2 rings (SSSR count). The number of benzene rings is 1. The van der Waals surface area contributed by atoms with Crippen LogP contribution in [0.2, 0.25) is 0 Å². The summed E-state index contributed by atoms with van der Waals surface area (Å²) < 4.78 is 13.7. The maximum absolute atomic E-state index is 13.7. The molecule has 1 saturated carbocycles. The van der Waals surface area contributed by atoms with Gasteiger partial charge in [-0.3, -0.25) is 10.1 Å². The smallest absolute Gasteiger partial charge is 0.271 e. The van der Waals surface area contributed by atoms with Crippen LogP contribution in [-0.4, -0.2) is 16.1 Å². The lowest BCUT2D eigenvalue weighted by Crippen LogP contribution is -2.43. The summed E-state index contributed by atoms with van der Waals surface area (Å²) in [4.78, 5) is 10.2. The summed E-state index contributed by atoms with van der Waals surface area (Å²) in [6, 6.07) is 3.60. The van der Waals surface area contributed by atoms with Crippen molar-refractivity contribution in [3.05, 3.63) is 34.1 Å². The molecule has 1 aliphatic rings. The van der Waals surface area contributed by atoms with Crippen molar-refractivity contribution < 1.29 is 9.31 Å². The molecule has 2 atom stereocenters. The molecular formula is C14H18FN3O2S. The van der Waals surface area contributed by atoms with Gasteiger partial charge in [0.25, 0.3) is 5.69 Å². The highest BCUT2D eigenvalue weighted by Gasteiger charge is 2.22. The number of nitrogens with one attached hydrogen (secondary N) is 2. The van der Waals surface area contributed by atoms with Gasteiger partial charge in [0.15, 0.2) is 5.11 Å². The van der Waals surface area contributed by atoms with Crippen LogP contribution in [0.5, 0.6) is 0 Å². The standard InChI is InChI=1S/C14H18FN3O2S/c1-9-4-2-3-5-12(9)16-14(21)17-13-8-10(18(19)20)6-7-11(13)15/h6-9,12H,2-5H2,1H3,(H2,16,17,21)/t9-,12-/m1/s1. The van der Waals surface area contributed by atoms with Crippen LogP contribution in [0.25, 0.3) is 0 Å². The first-order valence-electron chi connectivity index (χ1n) is 6.99. The Morgan fingerprint density at radius 3 is 2.81 bits per heavy atom. The SMILES string of the molecule is C[C@@H]1CCCC[C@H]1NC(=S)Nc1cc([N+](=O)[O-])ccc1F. The van der Waals surface area contributed by atoms with Gasteiger partial charge in [-0.25, -0.2) is 4.39 Å². The summed E-state index contributed by atoms with van der Waals surface area (Å²) in [6.45, 7) is 2.16. The lowest BCUT2D eigenvalue weighted by atomic mass is 9.86. The number of anilines is 1. The third kappa shape index (κ3) is 4.10. The number of rotatable bonds is 3. The maximum atomic E-state index is 13.7. The molecule has 0 amide bonds. The molecule has 0 aliphatic heterocycles. The first-order chi connectivity index (χ1) is 9.97. The lowest BCUT2D eigenvalue weighted by molar-refractivity contribution is -0.384. The molecule has 0 heterocycles. The van der Waals surface area contributed by atoms with Crippen LogP contribution in [0.3, 0.4) is 0 Å². The van der Waals surface area contributed by atoms with Crippen molar-refractivity contribution in [3.8, 4) is 0 Å². The van der Waals surface area contributed by atoms with E-state index in [9.17, 15) is 14.5 Å². The van der Waals surface area contributed by atoms with E-state index in [2.05, 4.69) is 17.6 Å². The van der Waals surface area contributed by atoms with Crippen molar-refractivity contribution in [3.63, 3.8) is 0 Å². The van der Waals surface area contributed by atoms with Gasteiger partial charge in [0, 0.05) is 18.2 Å². The highest BCUT2D eigenvalue weighted by atomic mass is 32.1. The molecule has 1 fully saturated rings. The number of nitro groups is 1. The number of nitro benzene ring substituents is 1. The van der Waals surface area contributed by atoms with Crippen molar-refractivity contribution in [2.24, 2.45) is 5.92 Å². The van der Waals surface area contributed by atoms with Crippen LogP contribution in [0.4, 0.5) is 15.8 Å². The fraction of sp³-hybridized carbons (Fsp3) is 0.500. The summed E-state index contributed by atoms with van der Waals surface area (Å²) in [6.07, 6.45) is 4.54. The molecule has 0 bridgehead atoms. The van der Waals surface area contributed by atoms with Gasteiger partial charge in [-0.15, -0.1) is 0 Å². The van der Waals surface area contributed by atoms with Crippen LogP contribution < -0.4 is 10.6 Å². The maximum Gasteiger partial charge on any atom is 0.271 e. The lowest BCUT2D eigenvalue weighted by Gasteiger charge is -2.30. The van der Waals surface area contributed by atoms with Gasteiger partial charge in [-0.2, -0.15) is 0 Å². The summed E-state index contributed by atoms with van der Waals surface area (Å²) in [5, 5.41) is 16.9. The van der Waals surface area contributed by atoms with E-state index >= 15 is 0 Å². The number of non-ortho nitro benzene ring substituents is 1. The van der Waals surface area contributed by atoms with E-state index in [4.69, 9.17) is 12.2 Å². The molecule has 0 saturated heterocycles. The second kappa shape index (κ2) is 6.80. The quantitative estimate of drug-likeness (QED) is 0.507. The van der Waals surface area contributed by atoms with E-state index in [0.29, 0.717) is 11.0 Å². The van der Waals surface area contributed by atoms with Crippen LogP contribution >= 0.6 is 12.2 Å². The third-order valence-electron chi connectivity index (χ3n) is 3.84. The van der Waals surface area contributed by atoms with Gasteiger partial charge in [0.2, 0.25) is 0 Å². The van der Waals surface area contributed by atoms with Gasteiger partial charge in [-0.1, -0.05) is 19.8 Å². The van der Waals surface area contributed by atoms with E-state index in [1.807, 2.05) is 0 Å². The summed E-state index contributed by atoms with van der Waals surface area (Å²) in [7, 11) is 0. The van der Waals surface area contributed by atoms with Crippen LogP contribution in [0.1, 0.15) is 32.6 Å². The van der Waals surface area contributed by atoms with Gasteiger partial charge in [0.1, 0.15) is 5.82 Å². The zero-order valence-corrected chi connectivity index (χ0v) is 12.6. The average molecular weight is 311 g/mol. The molecular weight excluding hydrogens is 293 g/mol. The predicted octanol–water partition coefficient (Wildman–Crippen LogP) is 3.60. The molecule has 0 radical (unpaired) electrons. The second-order valence-electron chi connectivity index (χ2n) is 5.39. The first kappa shape index (κ1) is 15.6. The molecule has 5 nitrogen and oxygen atoms in total. The summed E-state index contributed by atoms with van der Waals surface area (Å²) in [5.41, 5.74) is -0.155. The predicted molar refractivity (Wildman–Crippen MR) is 83.8 cm³/mol. The Labute approximate surface area is 128 Å². The van der Waals surface area contributed by atoms with Gasteiger partial charge < -0.3 is 10.6 Å². The Kier molecular flexibility index (Phi) is 5.06. The van der Waals surface area contributed by atoms with Gasteiger partial charge >= 0.3 is 0 Å². The molecule has 21 heavy (non-hydrogen) atoms. The van der Waals surface area contributed by atoms with Crippen molar-refractivity contribution in [1.29, 1.82) is 0 Å². The molecule has 7 heteroatoms. The normalized spacial score (nSPS) is 21.6. The van der Waals surface area contributed by atoms with E-state index in [-0.39, 0.29) is 17.4 Å². The van der Waals surface area contributed by atoms with Crippen LogP contribution in [0.15, 0.2) is 18.2 Å². The second-order valence-corrected chi connectivity index (χ2v) is 5.80. The van der Waals surface area contributed by atoms with E-state index < -0.39 is 10.7 Å². The van der Waals surface area contributed by atoms with Crippen molar-refractivity contribution in [1.82, 2.24) is 5.32 Å². The largest absolute Gasteiger partial charge is 0.359 e. The third-order valence-corrected chi connectivity index (χ3v) is 4.06. The summed E-state index contributed by atoms with van der Waals surface area (Å²) >= 11 is 5.18. The van der Waals surface area contributed by atoms with Crippen LogP contribution in [-0.2, 0) is 0 Å². The summed E-state index contributed by atoms with van der Waals surface area (Å²) in [5.74, 6) is -0.0603. The minimum absolute atomic E-state index is 0.0187. The fourth-order valence-electron chi connectivity index (χ4n) is 2.58. The molecule has 1 aromatic carbocycles. The minimum atomic E-state index is -0.568. The average Bonchev–Trinajstić information content (AvgIpc) is 2.43. The molecule has 1 aromatic rings. The molecule has 0 spiro atoms. The number of hydrogen-bond donors (Lipinski definition) is 2. The Morgan fingerprint density at radius 2 is 2.14 bits per heavy atom. The van der Waals surface area contributed by atoms with E-state index in [1.165, 1.54) is 6.42 Å². The van der Waals surface area contributed by atoms with E-state index in [1.54, 1.807) is 0 Å². The van der Waals surface area contributed by atoms with Gasteiger partial charge in [0.05, 0.1) is 10.6 Å². The monoisotopic (exact) mass is 311 g/mol. The van der Waals surface area contributed by atoms with Crippen molar-refractivity contribution in [2.75, 3.05) is 5.32 Å². The highest BCUT2D eigenvalue weighted by molar-refractivity contribution is 7.80. The van der Waals surface area contributed by atoms with Gasteiger partial charge in [-0.05, 0) is 37.0 Å². The van der Waals surface area contributed by atoms with E-state index in [0.717, 1.165) is 37.5 Å². The highest BCUT2D eigenvalue weighted by Crippen LogP contribution is 2.24. The first-order valence-corrected chi connectivity index (χ1v) is 7.39. The molecule has 114 valence electrons. The van der Waals surface area contributed by atoms with Crippen molar-refractivity contribution in [2.45, 2.75) is 38.6 Å². The number of nitrogens with zero attached hydrogens (tertiary/aromatic N) is 1. The Bertz CT molecular complexity index is 553. The van der Waals surface area contributed by atoms with Crippen LogP contribution in [0, 0.1) is 21.8 Å². The topological polar surface area (TPSA) is 67.2 Å². The Hall–Kier alpha value is -1.76. The number of thiocarbonyl (C=S) groups is 1. The zero-order valence-electron chi connectivity index (χ0n) is 11.8. The fourth-order valence-corrected chi connectivity index (χ4v) is 2.84. The Balaban J connectivity index is 2.02. The molecule has 0 aromatic heterocycles. The number of halogens is 1. The zero-order chi connectivity index (χ0) is 15.4. The minimum Gasteiger partial charge on any atom is -0.359 e.